The van der Waals surface area contributed by atoms with Gasteiger partial charge in [0, 0.05) is 18.0 Å². The van der Waals surface area contributed by atoms with Gasteiger partial charge in [-0.2, -0.15) is 0 Å². The van der Waals surface area contributed by atoms with E-state index in [1.54, 1.807) is 6.92 Å². The second-order valence-corrected chi connectivity index (χ2v) is 6.00. The summed E-state index contributed by atoms with van der Waals surface area (Å²) in [6.45, 7) is 9.21. The summed E-state index contributed by atoms with van der Waals surface area (Å²) in [7, 11) is 0. The predicted molar refractivity (Wildman–Crippen MR) is 99.0 cm³/mol. The number of hydrogen-bond acceptors (Lipinski definition) is 2. The van der Waals surface area contributed by atoms with Crippen LogP contribution in [-0.4, -0.2) is 17.0 Å². The molecule has 0 spiro atoms. The van der Waals surface area contributed by atoms with Crippen LogP contribution in [0.4, 0.5) is 0 Å². The average molecular weight is 321 g/mol. The van der Waals surface area contributed by atoms with Gasteiger partial charge in [0.1, 0.15) is 5.75 Å². The maximum atomic E-state index is 12.4. The van der Waals surface area contributed by atoms with Crippen LogP contribution < -0.4 is 4.74 Å². The molecule has 124 valence electrons. The van der Waals surface area contributed by atoms with E-state index in [1.807, 2.05) is 25.1 Å². The maximum Gasteiger partial charge on any atom is 0.162 e. The van der Waals surface area contributed by atoms with Crippen molar-refractivity contribution >= 4 is 16.7 Å². The number of aryl methyl sites for hydroxylation is 2. The number of ketones is 1. The van der Waals surface area contributed by atoms with E-state index in [0.29, 0.717) is 6.61 Å². The first-order valence-electron chi connectivity index (χ1n) is 8.43. The predicted octanol–water partition coefficient (Wildman–Crippen LogP) is 5.24. The van der Waals surface area contributed by atoms with Gasteiger partial charge >= 0.3 is 0 Å². The summed E-state index contributed by atoms with van der Waals surface area (Å²) in [6.07, 6.45) is 0. The molecule has 0 aliphatic heterocycles. The first-order valence-corrected chi connectivity index (χ1v) is 8.43. The number of nitrogens with zero attached hydrogens (tertiary/aromatic N) is 1. The molecule has 0 fully saturated rings. The molecule has 0 amide bonds. The molecule has 3 aromatic rings. The van der Waals surface area contributed by atoms with Gasteiger partial charge < -0.3 is 9.30 Å². The Morgan fingerprint density at radius 1 is 1.08 bits per heavy atom. The van der Waals surface area contributed by atoms with Gasteiger partial charge in [0.2, 0.25) is 0 Å². The molecular formula is C21H23NO2. The Labute approximate surface area is 142 Å². The monoisotopic (exact) mass is 321 g/mol. The fraction of sp³-hybridized carbons (Fsp3) is 0.286. The van der Waals surface area contributed by atoms with E-state index in [9.17, 15) is 4.79 Å². The smallest absolute Gasteiger partial charge is 0.162 e. The molecule has 0 atom stereocenters. The highest BCUT2D eigenvalue weighted by atomic mass is 16.5. The molecule has 0 bridgehead atoms. The summed E-state index contributed by atoms with van der Waals surface area (Å²) in [6, 6.07) is 14.3. The van der Waals surface area contributed by atoms with E-state index in [2.05, 4.69) is 42.7 Å². The van der Waals surface area contributed by atoms with Crippen molar-refractivity contribution in [2.75, 3.05) is 6.61 Å². The molecule has 0 saturated heterocycles. The van der Waals surface area contributed by atoms with Crippen LogP contribution in [-0.2, 0) is 6.54 Å². The standard InChI is InChI=1S/C21H23NO2/c1-5-22-19-13-17(24-6-2)11-12-18(19)20(15(4)23)21(22)16-9-7-14(3)8-10-16/h7-13H,5-6H2,1-4H3. The molecular weight excluding hydrogens is 298 g/mol. The van der Waals surface area contributed by atoms with E-state index in [0.717, 1.165) is 40.0 Å². The van der Waals surface area contributed by atoms with Crippen LogP contribution in [0.2, 0.25) is 0 Å². The summed E-state index contributed by atoms with van der Waals surface area (Å²) >= 11 is 0. The van der Waals surface area contributed by atoms with E-state index in [-0.39, 0.29) is 5.78 Å². The summed E-state index contributed by atoms with van der Waals surface area (Å²) in [4.78, 5) is 12.4. The molecule has 0 saturated carbocycles. The lowest BCUT2D eigenvalue weighted by Crippen LogP contribution is -2.01. The summed E-state index contributed by atoms with van der Waals surface area (Å²) in [5, 5.41) is 0.989. The van der Waals surface area contributed by atoms with Crippen LogP contribution in [0.25, 0.3) is 22.2 Å². The van der Waals surface area contributed by atoms with E-state index >= 15 is 0 Å². The molecule has 0 aliphatic rings. The zero-order valence-corrected chi connectivity index (χ0v) is 14.7. The number of Topliss-reactive ketones (excluding diaryl/α,β-unsaturated/α-hetero) is 1. The second kappa shape index (κ2) is 6.52. The highest BCUT2D eigenvalue weighted by Gasteiger charge is 2.21. The summed E-state index contributed by atoms with van der Waals surface area (Å²) in [5.41, 5.74) is 5.11. The van der Waals surface area contributed by atoms with E-state index in [1.165, 1.54) is 5.56 Å². The van der Waals surface area contributed by atoms with Gasteiger partial charge in [0.15, 0.2) is 5.78 Å². The third kappa shape index (κ3) is 2.71. The number of aromatic nitrogens is 1. The molecule has 1 heterocycles. The van der Waals surface area contributed by atoms with Crippen LogP contribution in [0.3, 0.4) is 0 Å². The fourth-order valence-electron chi connectivity index (χ4n) is 3.28. The topological polar surface area (TPSA) is 31.2 Å². The quantitative estimate of drug-likeness (QED) is 0.602. The molecule has 24 heavy (non-hydrogen) atoms. The third-order valence-electron chi connectivity index (χ3n) is 4.34. The number of benzene rings is 2. The van der Waals surface area contributed by atoms with Crippen molar-refractivity contribution in [1.82, 2.24) is 4.57 Å². The molecule has 0 aliphatic carbocycles. The summed E-state index contributed by atoms with van der Waals surface area (Å²) in [5.74, 6) is 0.926. The Morgan fingerprint density at radius 3 is 2.38 bits per heavy atom. The van der Waals surface area contributed by atoms with E-state index < -0.39 is 0 Å². The SMILES string of the molecule is CCOc1ccc2c(C(C)=O)c(-c3ccc(C)cc3)n(CC)c2c1. The minimum atomic E-state index is 0.0898. The minimum absolute atomic E-state index is 0.0898. The number of hydrogen-bond donors (Lipinski definition) is 0. The molecule has 3 nitrogen and oxygen atoms in total. The van der Waals surface area contributed by atoms with Gasteiger partial charge in [-0.15, -0.1) is 0 Å². The van der Waals surface area contributed by atoms with Crippen molar-refractivity contribution in [2.45, 2.75) is 34.2 Å². The Kier molecular flexibility index (Phi) is 4.43. The average Bonchev–Trinajstić information content (AvgIpc) is 2.89. The van der Waals surface area contributed by atoms with Gasteiger partial charge in [-0.1, -0.05) is 29.8 Å². The largest absolute Gasteiger partial charge is 0.494 e. The number of rotatable bonds is 5. The molecule has 0 radical (unpaired) electrons. The van der Waals surface area contributed by atoms with Crippen LogP contribution in [0.1, 0.15) is 36.7 Å². The lowest BCUT2D eigenvalue weighted by Gasteiger charge is -2.10. The van der Waals surface area contributed by atoms with Crippen molar-refractivity contribution in [1.29, 1.82) is 0 Å². The number of carbonyl (C=O) groups is 1. The van der Waals surface area contributed by atoms with Crippen LogP contribution in [0.5, 0.6) is 5.75 Å². The van der Waals surface area contributed by atoms with Gasteiger partial charge in [-0.3, -0.25) is 4.79 Å². The van der Waals surface area contributed by atoms with Crippen molar-refractivity contribution in [2.24, 2.45) is 0 Å². The first-order chi connectivity index (χ1) is 11.6. The highest BCUT2D eigenvalue weighted by molar-refractivity contribution is 6.13. The lowest BCUT2D eigenvalue weighted by atomic mass is 10.0. The number of carbonyl (C=O) groups excluding carboxylic acids is 1. The number of ether oxygens (including phenoxy) is 1. The third-order valence-corrected chi connectivity index (χ3v) is 4.34. The molecule has 1 aromatic heterocycles. The Hall–Kier alpha value is -2.55. The zero-order chi connectivity index (χ0) is 17.3. The van der Waals surface area contributed by atoms with Gasteiger partial charge in [0.05, 0.1) is 23.4 Å². The normalized spacial score (nSPS) is 11.0. The summed E-state index contributed by atoms with van der Waals surface area (Å²) < 4.78 is 7.85. The zero-order valence-electron chi connectivity index (χ0n) is 14.7. The number of fused-ring (bicyclic) bond motifs is 1. The molecule has 2 aromatic carbocycles. The van der Waals surface area contributed by atoms with Gasteiger partial charge in [0.25, 0.3) is 0 Å². The Morgan fingerprint density at radius 2 is 1.79 bits per heavy atom. The fourth-order valence-corrected chi connectivity index (χ4v) is 3.28. The minimum Gasteiger partial charge on any atom is -0.494 e. The maximum absolute atomic E-state index is 12.4. The Bertz CT molecular complexity index is 888. The lowest BCUT2D eigenvalue weighted by molar-refractivity contribution is 0.101. The molecule has 0 N–H and O–H groups in total. The molecule has 0 unspecified atom stereocenters. The van der Waals surface area contributed by atoms with Crippen molar-refractivity contribution in [3.8, 4) is 17.0 Å². The van der Waals surface area contributed by atoms with Crippen molar-refractivity contribution < 1.29 is 9.53 Å². The second-order valence-electron chi connectivity index (χ2n) is 6.00. The van der Waals surface area contributed by atoms with Crippen molar-refractivity contribution in [3.63, 3.8) is 0 Å². The van der Waals surface area contributed by atoms with Gasteiger partial charge in [-0.05, 0) is 45.4 Å². The Balaban J connectivity index is 2.35. The molecule has 3 heteroatoms. The van der Waals surface area contributed by atoms with Crippen molar-refractivity contribution in [3.05, 3.63) is 53.6 Å². The van der Waals surface area contributed by atoms with Crippen LogP contribution in [0, 0.1) is 6.92 Å². The highest BCUT2D eigenvalue weighted by Crippen LogP contribution is 2.36. The van der Waals surface area contributed by atoms with Crippen LogP contribution in [0.15, 0.2) is 42.5 Å². The van der Waals surface area contributed by atoms with Crippen LogP contribution >= 0.6 is 0 Å². The first kappa shape index (κ1) is 16.3. The molecule has 3 rings (SSSR count). The van der Waals surface area contributed by atoms with E-state index in [4.69, 9.17) is 4.74 Å². The van der Waals surface area contributed by atoms with Gasteiger partial charge in [-0.25, -0.2) is 0 Å².